The van der Waals surface area contributed by atoms with Gasteiger partial charge in [0.05, 0.1) is 11.6 Å². The number of benzene rings is 1. The topological polar surface area (TPSA) is 39.2 Å². The zero-order valence-electron chi connectivity index (χ0n) is 6.40. The number of para-hydroxylation sites is 1. The van der Waals surface area contributed by atoms with E-state index in [1.165, 1.54) is 0 Å². The molecule has 3 heteroatoms. The first-order chi connectivity index (χ1) is 5.79. The fraction of sp³-hybridized carbons (Fsp3) is 0.111. The minimum Gasteiger partial charge on any atom is -0.464 e. The zero-order chi connectivity index (χ0) is 8.55. The molecule has 1 heterocycles. The van der Waals surface area contributed by atoms with Crippen LogP contribution in [0.1, 0.15) is 10.9 Å². The van der Waals surface area contributed by atoms with Gasteiger partial charge in [0, 0.05) is 10.9 Å². The van der Waals surface area contributed by atoms with Crippen molar-refractivity contribution >= 4 is 23.6 Å². The van der Waals surface area contributed by atoms with Crippen molar-refractivity contribution < 1.29 is 4.42 Å². The summed E-state index contributed by atoms with van der Waals surface area (Å²) in [5.74, 6) is 0. The van der Waals surface area contributed by atoms with Crippen LogP contribution < -0.4 is 5.73 Å². The van der Waals surface area contributed by atoms with Crippen LogP contribution in [0, 0.1) is 0 Å². The maximum atomic E-state index is 5.63. The van der Waals surface area contributed by atoms with Crippen molar-refractivity contribution in [2.24, 2.45) is 5.73 Å². The van der Waals surface area contributed by atoms with Crippen LogP contribution in [0.15, 0.2) is 34.9 Å². The van der Waals surface area contributed by atoms with E-state index in [4.69, 9.17) is 10.2 Å². The summed E-state index contributed by atoms with van der Waals surface area (Å²) in [7, 11) is 0. The number of rotatable bonds is 1. The number of thiol groups is 1. The Balaban J connectivity index is 2.70. The molecular formula is C9H9NOS. The summed E-state index contributed by atoms with van der Waals surface area (Å²) in [6.45, 7) is 0. The molecule has 0 amide bonds. The molecule has 2 nitrogen and oxygen atoms in total. The van der Waals surface area contributed by atoms with Gasteiger partial charge in [0.25, 0.3) is 0 Å². The van der Waals surface area contributed by atoms with Gasteiger partial charge in [0.2, 0.25) is 0 Å². The zero-order valence-corrected chi connectivity index (χ0v) is 7.29. The second-order valence-electron chi connectivity index (χ2n) is 2.63. The molecule has 62 valence electrons. The van der Waals surface area contributed by atoms with Crippen molar-refractivity contribution in [1.82, 2.24) is 0 Å². The van der Waals surface area contributed by atoms with Crippen LogP contribution >= 0.6 is 12.6 Å². The Morgan fingerprint density at radius 3 is 2.83 bits per heavy atom. The lowest BCUT2D eigenvalue weighted by Crippen LogP contribution is -2.00. The van der Waals surface area contributed by atoms with Gasteiger partial charge in [-0.2, -0.15) is 12.6 Å². The molecule has 0 saturated heterocycles. The maximum absolute atomic E-state index is 5.63. The Bertz CT molecular complexity index is 394. The fourth-order valence-electron chi connectivity index (χ4n) is 1.23. The third kappa shape index (κ3) is 1.11. The normalized spacial score (nSPS) is 13.5. The Hall–Kier alpha value is -0.930. The molecule has 2 aromatic rings. The minimum absolute atomic E-state index is 0.270. The number of fused-ring (bicyclic) bond motifs is 1. The summed E-state index contributed by atoms with van der Waals surface area (Å²) in [6, 6.07) is 7.77. The summed E-state index contributed by atoms with van der Waals surface area (Å²) in [5.41, 5.74) is 7.43. The van der Waals surface area contributed by atoms with Gasteiger partial charge in [-0.15, -0.1) is 0 Å². The van der Waals surface area contributed by atoms with Crippen molar-refractivity contribution in [1.29, 1.82) is 0 Å². The number of nitrogens with two attached hydrogens (primary N) is 1. The summed E-state index contributed by atoms with van der Waals surface area (Å²) < 4.78 is 5.28. The van der Waals surface area contributed by atoms with Gasteiger partial charge in [-0.1, -0.05) is 18.2 Å². The first-order valence-corrected chi connectivity index (χ1v) is 4.20. The average molecular weight is 179 g/mol. The quantitative estimate of drug-likeness (QED) is 0.521. The van der Waals surface area contributed by atoms with Crippen molar-refractivity contribution in [3.63, 3.8) is 0 Å². The van der Waals surface area contributed by atoms with Crippen molar-refractivity contribution in [3.8, 4) is 0 Å². The SMILES string of the molecule is NC(S)c1coc2ccccc12. The first-order valence-electron chi connectivity index (χ1n) is 3.69. The van der Waals surface area contributed by atoms with Gasteiger partial charge in [-0.25, -0.2) is 0 Å². The third-order valence-corrected chi connectivity index (χ3v) is 2.11. The predicted molar refractivity (Wildman–Crippen MR) is 52.1 cm³/mol. The summed E-state index contributed by atoms with van der Waals surface area (Å²) >= 11 is 4.15. The molecule has 2 rings (SSSR count). The van der Waals surface area contributed by atoms with Gasteiger partial charge in [0.1, 0.15) is 5.58 Å². The van der Waals surface area contributed by atoms with E-state index in [0.717, 1.165) is 16.5 Å². The van der Waals surface area contributed by atoms with Gasteiger partial charge in [0.15, 0.2) is 0 Å². The highest BCUT2D eigenvalue weighted by molar-refractivity contribution is 7.80. The maximum Gasteiger partial charge on any atom is 0.134 e. The van der Waals surface area contributed by atoms with E-state index < -0.39 is 0 Å². The predicted octanol–water partition coefficient (Wildman–Crippen LogP) is 2.32. The lowest BCUT2D eigenvalue weighted by molar-refractivity contribution is 0.610. The molecule has 1 aromatic heterocycles. The number of furan rings is 1. The minimum atomic E-state index is -0.270. The van der Waals surface area contributed by atoms with E-state index in [9.17, 15) is 0 Å². The Labute approximate surface area is 75.8 Å². The van der Waals surface area contributed by atoms with Crippen LogP contribution in [0.5, 0.6) is 0 Å². The average Bonchev–Trinajstić information content (AvgIpc) is 2.47. The summed E-state index contributed by atoms with van der Waals surface area (Å²) in [6.07, 6.45) is 1.66. The van der Waals surface area contributed by atoms with E-state index >= 15 is 0 Å². The van der Waals surface area contributed by atoms with E-state index in [0.29, 0.717) is 0 Å². The van der Waals surface area contributed by atoms with Crippen molar-refractivity contribution in [3.05, 3.63) is 36.1 Å². The van der Waals surface area contributed by atoms with Crippen LogP contribution in [-0.2, 0) is 0 Å². The molecule has 0 spiro atoms. The van der Waals surface area contributed by atoms with Crippen molar-refractivity contribution in [2.45, 2.75) is 5.37 Å². The fourth-order valence-corrected chi connectivity index (χ4v) is 1.43. The highest BCUT2D eigenvalue weighted by Gasteiger charge is 2.08. The largest absolute Gasteiger partial charge is 0.464 e. The van der Waals surface area contributed by atoms with E-state index in [2.05, 4.69) is 12.6 Å². The Morgan fingerprint density at radius 2 is 2.08 bits per heavy atom. The molecule has 0 bridgehead atoms. The molecule has 0 aliphatic rings. The van der Waals surface area contributed by atoms with Gasteiger partial charge in [-0.3, -0.25) is 0 Å². The highest BCUT2D eigenvalue weighted by atomic mass is 32.1. The van der Waals surface area contributed by atoms with Crippen molar-refractivity contribution in [2.75, 3.05) is 0 Å². The summed E-state index contributed by atoms with van der Waals surface area (Å²) in [4.78, 5) is 0. The standard InChI is InChI=1S/C9H9NOS/c10-9(12)7-5-11-8-4-2-1-3-6(7)8/h1-5,9,12H,10H2. The molecule has 1 atom stereocenters. The molecule has 0 saturated carbocycles. The first kappa shape index (κ1) is 7.71. The van der Waals surface area contributed by atoms with Gasteiger partial charge < -0.3 is 10.2 Å². The monoisotopic (exact) mass is 179 g/mol. The smallest absolute Gasteiger partial charge is 0.134 e. The van der Waals surface area contributed by atoms with Crippen LogP contribution in [-0.4, -0.2) is 0 Å². The Kier molecular flexibility index (Phi) is 1.83. The lowest BCUT2D eigenvalue weighted by Gasteiger charge is -1.98. The lowest BCUT2D eigenvalue weighted by atomic mass is 10.2. The molecular weight excluding hydrogens is 170 g/mol. The summed E-state index contributed by atoms with van der Waals surface area (Å²) in [5, 5.41) is 0.772. The molecule has 1 unspecified atom stereocenters. The second kappa shape index (κ2) is 2.84. The van der Waals surface area contributed by atoms with E-state index in [1.807, 2.05) is 24.3 Å². The van der Waals surface area contributed by atoms with Crippen LogP contribution in [0.25, 0.3) is 11.0 Å². The molecule has 1 aromatic carbocycles. The van der Waals surface area contributed by atoms with Crippen LogP contribution in [0.4, 0.5) is 0 Å². The van der Waals surface area contributed by atoms with Crippen LogP contribution in [0.2, 0.25) is 0 Å². The molecule has 0 radical (unpaired) electrons. The number of hydrogen-bond donors (Lipinski definition) is 2. The number of hydrogen-bond acceptors (Lipinski definition) is 3. The molecule has 12 heavy (non-hydrogen) atoms. The van der Waals surface area contributed by atoms with Gasteiger partial charge >= 0.3 is 0 Å². The van der Waals surface area contributed by atoms with Crippen LogP contribution in [0.3, 0.4) is 0 Å². The molecule has 0 aliphatic carbocycles. The Morgan fingerprint density at radius 1 is 1.33 bits per heavy atom. The third-order valence-electron chi connectivity index (χ3n) is 1.83. The molecule has 0 fully saturated rings. The highest BCUT2D eigenvalue weighted by Crippen LogP contribution is 2.26. The van der Waals surface area contributed by atoms with E-state index in [1.54, 1.807) is 6.26 Å². The molecule has 2 N–H and O–H groups in total. The second-order valence-corrected chi connectivity index (χ2v) is 3.19. The van der Waals surface area contributed by atoms with E-state index in [-0.39, 0.29) is 5.37 Å². The molecule has 0 aliphatic heterocycles. The van der Waals surface area contributed by atoms with Gasteiger partial charge in [-0.05, 0) is 6.07 Å².